The van der Waals surface area contributed by atoms with Crippen molar-refractivity contribution in [3.8, 4) is 23.0 Å². The summed E-state index contributed by atoms with van der Waals surface area (Å²) in [6.45, 7) is 4.83. The molecular formula is C26H31N5O5. The number of H-pyrrole nitrogens is 1. The van der Waals surface area contributed by atoms with E-state index in [9.17, 15) is 9.59 Å². The molecule has 1 aliphatic heterocycles. The van der Waals surface area contributed by atoms with Crippen molar-refractivity contribution in [2.45, 2.75) is 19.4 Å². The summed E-state index contributed by atoms with van der Waals surface area (Å²) in [5.41, 5.74) is 2.05. The molecule has 0 saturated carbocycles. The second-order valence-corrected chi connectivity index (χ2v) is 8.45. The summed E-state index contributed by atoms with van der Waals surface area (Å²) >= 11 is 0. The van der Waals surface area contributed by atoms with Crippen molar-refractivity contribution in [3.05, 3.63) is 69.8 Å². The number of rotatable bonds is 9. The van der Waals surface area contributed by atoms with E-state index in [1.54, 1.807) is 39.5 Å². The van der Waals surface area contributed by atoms with Crippen molar-refractivity contribution >= 4 is 5.91 Å². The first kappa shape index (κ1) is 25.3. The third kappa shape index (κ3) is 5.89. The maximum atomic E-state index is 12.9. The van der Waals surface area contributed by atoms with Gasteiger partial charge in [0.05, 0.1) is 39.9 Å². The average molecular weight is 494 g/mol. The van der Waals surface area contributed by atoms with Crippen molar-refractivity contribution in [1.29, 1.82) is 0 Å². The topological polar surface area (TPSA) is 119 Å². The average Bonchev–Trinajstić information content (AvgIpc) is 2.91. The number of nitrogens with one attached hydrogen (secondary N) is 2. The van der Waals surface area contributed by atoms with E-state index in [4.69, 9.17) is 14.2 Å². The number of carbonyl (C=O) groups excluding carboxylic acids is 1. The van der Waals surface area contributed by atoms with Gasteiger partial charge in [-0.05, 0) is 36.8 Å². The lowest BCUT2D eigenvalue weighted by molar-refractivity contribution is -0.120. The molecule has 4 rings (SSSR count). The van der Waals surface area contributed by atoms with Gasteiger partial charge in [0.2, 0.25) is 5.91 Å². The monoisotopic (exact) mass is 493 g/mol. The maximum Gasteiger partial charge on any atom is 0.255 e. The number of carbonyl (C=O) groups is 1. The molecule has 1 fully saturated rings. The van der Waals surface area contributed by atoms with E-state index in [0.717, 1.165) is 18.7 Å². The Kier molecular flexibility index (Phi) is 8.29. The largest absolute Gasteiger partial charge is 0.493 e. The van der Waals surface area contributed by atoms with Crippen molar-refractivity contribution in [2.75, 3.05) is 47.1 Å². The Bertz CT molecular complexity index is 1240. The van der Waals surface area contributed by atoms with Gasteiger partial charge in [-0.25, -0.2) is 4.98 Å². The smallest absolute Gasteiger partial charge is 0.255 e. The van der Waals surface area contributed by atoms with Crippen LogP contribution in [0, 0.1) is 6.92 Å². The van der Waals surface area contributed by atoms with E-state index >= 15 is 0 Å². The highest BCUT2D eigenvalue weighted by atomic mass is 16.5. The van der Waals surface area contributed by atoms with Crippen LogP contribution in [0.4, 0.5) is 0 Å². The standard InChI is InChI=1S/C26H31N5O5/c1-17-19(26(33)30-25(29-17)20-6-4-5-9-27-20)15-24(32)28-16-21(31-10-12-36-13-11-31)18-7-8-22(34-2)23(14-18)35-3/h4-9,14,21H,10-13,15-16H2,1-3H3,(H,28,32)(H,29,30,33)/t21-/m0/s1. The van der Waals surface area contributed by atoms with Crippen LogP contribution in [-0.2, 0) is 16.0 Å². The summed E-state index contributed by atoms with van der Waals surface area (Å²) in [7, 11) is 3.19. The number of pyridine rings is 1. The highest BCUT2D eigenvalue weighted by Gasteiger charge is 2.25. The second-order valence-electron chi connectivity index (χ2n) is 8.45. The Labute approximate surface area is 209 Å². The molecule has 0 radical (unpaired) electrons. The summed E-state index contributed by atoms with van der Waals surface area (Å²) < 4.78 is 16.4. The Balaban J connectivity index is 1.49. The molecule has 1 aliphatic rings. The van der Waals surface area contributed by atoms with Gasteiger partial charge in [-0.2, -0.15) is 0 Å². The Morgan fingerprint density at radius 3 is 2.61 bits per heavy atom. The summed E-state index contributed by atoms with van der Waals surface area (Å²) in [4.78, 5) is 39.4. The quantitative estimate of drug-likeness (QED) is 0.464. The highest BCUT2D eigenvalue weighted by molar-refractivity contribution is 5.78. The van der Waals surface area contributed by atoms with Gasteiger partial charge in [0.1, 0.15) is 5.69 Å². The zero-order valence-corrected chi connectivity index (χ0v) is 20.7. The third-order valence-corrected chi connectivity index (χ3v) is 6.24. The predicted molar refractivity (Wildman–Crippen MR) is 134 cm³/mol. The van der Waals surface area contributed by atoms with Crippen LogP contribution in [0.5, 0.6) is 11.5 Å². The molecule has 2 aromatic heterocycles. The Morgan fingerprint density at radius 2 is 1.94 bits per heavy atom. The lowest BCUT2D eigenvalue weighted by atomic mass is 10.0. The molecule has 1 amide bonds. The van der Waals surface area contributed by atoms with Gasteiger partial charge in [0.25, 0.3) is 5.56 Å². The van der Waals surface area contributed by atoms with Crippen molar-refractivity contribution < 1.29 is 19.0 Å². The first-order chi connectivity index (χ1) is 17.5. The van der Waals surface area contributed by atoms with Crippen LogP contribution in [0.25, 0.3) is 11.5 Å². The van der Waals surface area contributed by atoms with E-state index in [1.807, 2.05) is 24.3 Å². The van der Waals surface area contributed by atoms with Crippen LogP contribution in [-0.4, -0.2) is 72.8 Å². The molecule has 3 aromatic rings. The van der Waals surface area contributed by atoms with E-state index in [0.29, 0.717) is 54.0 Å². The van der Waals surface area contributed by atoms with E-state index in [1.165, 1.54) is 0 Å². The molecule has 190 valence electrons. The number of amides is 1. The second kappa shape index (κ2) is 11.8. The number of benzene rings is 1. The van der Waals surface area contributed by atoms with Gasteiger partial charge in [0.15, 0.2) is 17.3 Å². The van der Waals surface area contributed by atoms with Crippen LogP contribution in [0.1, 0.15) is 22.9 Å². The van der Waals surface area contributed by atoms with Gasteiger partial charge in [-0.3, -0.25) is 19.5 Å². The molecule has 36 heavy (non-hydrogen) atoms. The van der Waals surface area contributed by atoms with Gasteiger partial charge in [-0.15, -0.1) is 0 Å². The zero-order chi connectivity index (χ0) is 25.5. The van der Waals surface area contributed by atoms with Crippen LogP contribution in [0.3, 0.4) is 0 Å². The number of hydrogen-bond donors (Lipinski definition) is 2. The molecular weight excluding hydrogens is 462 g/mol. The summed E-state index contributed by atoms with van der Waals surface area (Å²) in [6, 6.07) is 11.1. The molecule has 0 spiro atoms. The molecule has 10 heteroatoms. The van der Waals surface area contributed by atoms with Gasteiger partial charge in [-0.1, -0.05) is 12.1 Å². The number of methoxy groups -OCH3 is 2. The fraction of sp³-hybridized carbons (Fsp3) is 0.385. The predicted octanol–water partition coefficient (Wildman–Crippen LogP) is 1.89. The summed E-state index contributed by atoms with van der Waals surface area (Å²) in [6.07, 6.45) is 1.56. The lowest BCUT2D eigenvalue weighted by Gasteiger charge is -2.35. The number of hydrogen-bond acceptors (Lipinski definition) is 8. The summed E-state index contributed by atoms with van der Waals surface area (Å²) in [5.74, 6) is 1.39. The normalized spacial score (nSPS) is 14.8. The number of morpholine rings is 1. The van der Waals surface area contributed by atoms with E-state index in [2.05, 4.69) is 25.2 Å². The highest BCUT2D eigenvalue weighted by Crippen LogP contribution is 2.32. The van der Waals surface area contributed by atoms with Crippen LogP contribution >= 0.6 is 0 Å². The van der Waals surface area contributed by atoms with Crippen molar-refractivity contribution in [2.24, 2.45) is 0 Å². The molecule has 0 unspecified atom stereocenters. The van der Waals surface area contributed by atoms with Crippen molar-refractivity contribution in [1.82, 2.24) is 25.2 Å². The van der Waals surface area contributed by atoms with Crippen LogP contribution < -0.4 is 20.3 Å². The SMILES string of the molecule is COc1ccc([C@H](CNC(=O)Cc2c(C)nc(-c3ccccn3)[nH]c2=O)N2CCOCC2)cc1OC. The fourth-order valence-corrected chi connectivity index (χ4v) is 4.28. The van der Waals surface area contributed by atoms with Crippen LogP contribution in [0.2, 0.25) is 0 Å². The molecule has 1 atom stereocenters. The molecule has 1 aromatic carbocycles. The first-order valence-electron chi connectivity index (χ1n) is 11.8. The lowest BCUT2D eigenvalue weighted by Crippen LogP contribution is -2.44. The van der Waals surface area contributed by atoms with E-state index in [-0.39, 0.29) is 23.9 Å². The fourth-order valence-electron chi connectivity index (χ4n) is 4.28. The Hall–Kier alpha value is -3.76. The molecule has 10 nitrogen and oxygen atoms in total. The molecule has 0 bridgehead atoms. The first-order valence-corrected chi connectivity index (χ1v) is 11.8. The minimum atomic E-state index is -0.345. The molecule has 1 saturated heterocycles. The van der Waals surface area contributed by atoms with Gasteiger partial charge >= 0.3 is 0 Å². The zero-order valence-electron chi connectivity index (χ0n) is 20.7. The van der Waals surface area contributed by atoms with Gasteiger partial charge in [0, 0.05) is 37.1 Å². The van der Waals surface area contributed by atoms with Crippen LogP contribution in [0.15, 0.2) is 47.4 Å². The molecule has 0 aliphatic carbocycles. The minimum Gasteiger partial charge on any atom is -0.493 e. The van der Waals surface area contributed by atoms with E-state index < -0.39 is 0 Å². The maximum absolute atomic E-state index is 12.9. The number of aromatic nitrogens is 3. The van der Waals surface area contributed by atoms with Gasteiger partial charge < -0.3 is 24.5 Å². The third-order valence-electron chi connectivity index (χ3n) is 6.24. The number of aryl methyl sites for hydroxylation is 1. The van der Waals surface area contributed by atoms with Crippen molar-refractivity contribution in [3.63, 3.8) is 0 Å². The number of ether oxygens (including phenoxy) is 3. The molecule has 2 N–H and O–H groups in total. The minimum absolute atomic E-state index is 0.0710. The summed E-state index contributed by atoms with van der Waals surface area (Å²) in [5, 5.41) is 3.01. The number of aromatic amines is 1. The molecule has 3 heterocycles. The number of nitrogens with zero attached hydrogens (tertiary/aromatic N) is 3. The Morgan fingerprint density at radius 1 is 1.17 bits per heavy atom.